The van der Waals surface area contributed by atoms with Gasteiger partial charge in [0.2, 0.25) is 5.95 Å². The van der Waals surface area contributed by atoms with Crippen LogP contribution in [0.2, 0.25) is 0 Å². The molecule has 5 nitrogen and oxygen atoms in total. The number of hydrogen-bond donors (Lipinski definition) is 1. The van der Waals surface area contributed by atoms with Gasteiger partial charge in [-0.05, 0) is 43.0 Å². The highest BCUT2D eigenvalue weighted by Crippen LogP contribution is 2.59. The van der Waals surface area contributed by atoms with Crippen LogP contribution in [0.4, 0.5) is 10.2 Å². The van der Waals surface area contributed by atoms with Gasteiger partial charge in [0.15, 0.2) is 0 Å². The monoisotopic (exact) mass is 403 g/mol. The predicted molar refractivity (Wildman–Crippen MR) is 113 cm³/mol. The second-order valence-corrected chi connectivity index (χ2v) is 8.54. The highest BCUT2D eigenvalue weighted by atomic mass is 32.1. The molecule has 0 bridgehead atoms. The van der Waals surface area contributed by atoms with Gasteiger partial charge in [0.05, 0.1) is 5.39 Å². The molecule has 0 fully saturated rings. The normalized spacial score (nSPS) is 17.0. The van der Waals surface area contributed by atoms with Crippen molar-refractivity contribution in [3.05, 3.63) is 70.4 Å². The number of imidazole rings is 1. The third-order valence-electron chi connectivity index (χ3n) is 5.78. The molecule has 7 heteroatoms. The van der Waals surface area contributed by atoms with Crippen LogP contribution in [0.3, 0.4) is 0 Å². The molecule has 1 unspecified atom stereocenters. The van der Waals surface area contributed by atoms with Gasteiger partial charge in [-0.25, -0.2) is 14.4 Å². The number of aryl methyl sites for hydroxylation is 1. The van der Waals surface area contributed by atoms with Gasteiger partial charge in [-0.1, -0.05) is 18.2 Å². The van der Waals surface area contributed by atoms with Crippen LogP contribution in [0.5, 0.6) is 0 Å². The van der Waals surface area contributed by atoms with Crippen molar-refractivity contribution in [1.29, 1.82) is 0 Å². The maximum Gasteiger partial charge on any atom is 0.238 e. The van der Waals surface area contributed by atoms with Gasteiger partial charge in [0.1, 0.15) is 22.3 Å². The zero-order valence-electron chi connectivity index (χ0n) is 15.8. The summed E-state index contributed by atoms with van der Waals surface area (Å²) >= 11 is 1.78. The highest BCUT2D eigenvalue weighted by molar-refractivity contribution is 7.19. The van der Waals surface area contributed by atoms with Crippen LogP contribution in [-0.4, -0.2) is 19.5 Å². The minimum atomic E-state index is -0.227. The van der Waals surface area contributed by atoms with Gasteiger partial charge in [-0.15, -0.1) is 11.3 Å². The molecule has 0 amide bonds. The Labute approximate surface area is 171 Å². The van der Waals surface area contributed by atoms with Crippen LogP contribution in [0.25, 0.3) is 21.7 Å². The first-order chi connectivity index (χ1) is 14.2. The van der Waals surface area contributed by atoms with Gasteiger partial charge >= 0.3 is 0 Å². The molecule has 144 valence electrons. The number of allylic oxidation sites excluding steroid dienone is 2. The number of anilines is 1. The van der Waals surface area contributed by atoms with E-state index in [1.165, 1.54) is 34.6 Å². The number of thiophene rings is 1. The quantitative estimate of drug-likeness (QED) is 0.508. The summed E-state index contributed by atoms with van der Waals surface area (Å²) in [5.41, 5.74) is 3.78. The third-order valence-corrected chi connectivity index (χ3v) is 6.98. The molecule has 1 N–H and O–H groups in total. The van der Waals surface area contributed by atoms with Crippen LogP contribution < -0.4 is 5.32 Å². The number of rotatable bonds is 4. The Bertz CT molecular complexity index is 1280. The summed E-state index contributed by atoms with van der Waals surface area (Å²) in [6.07, 6.45) is 8.35. The number of fused-ring (bicyclic) bond motifs is 6. The fraction of sp³-hybridized carbons (Fsp3) is 0.227. The first-order valence-corrected chi connectivity index (χ1v) is 10.5. The zero-order chi connectivity index (χ0) is 19.5. The van der Waals surface area contributed by atoms with Crippen molar-refractivity contribution in [3.8, 4) is 5.95 Å². The van der Waals surface area contributed by atoms with E-state index in [2.05, 4.69) is 16.4 Å². The highest BCUT2D eigenvalue weighted by Gasteiger charge is 2.39. The summed E-state index contributed by atoms with van der Waals surface area (Å²) in [5.74, 6) is 2.64. The van der Waals surface area contributed by atoms with E-state index in [-0.39, 0.29) is 5.82 Å². The van der Waals surface area contributed by atoms with Crippen molar-refractivity contribution >= 4 is 32.9 Å². The first-order valence-electron chi connectivity index (χ1n) is 9.72. The van der Waals surface area contributed by atoms with E-state index in [1.807, 2.05) is 17.7 Å². The van der Waals surface area contributed by atoms with E-state index in [9.17, 15) is 4.39 Å². The number of hydrogen-bond acceptors (Lipinski definition) is 5. The molecule has 0 saturated heterocycles. The lowest BCUT2D eigenvalue weighted by atomic mass is 9.80. The summed E-state index contributed by atoms with van der Waals surface area (Å²) in [6.45, 7) is 2.51. The Hall–Kier alpha value is -3.06. The van der Waals surface area contributed by atoms with Gasteiger partial charge in [-0.3, -0.25) is 4.57 Å². The molecule has 2 aliphatic rings. The third kappa shape index (κ3) is 2.54. The summed E-state index contributed by atoms with van der Waals surface area (Å²) in [4.78, 5) is 16.5. The molecule has 3 heterocycles. The molecule has 0 aliphatic heterocycles. The van der Waals surface area contributed by atoms with Gasteiger partial charge in [0, 0.05) is 35.3 Å². The van der Waals surface area contributed by atoms with Gasteiger partial charge in [-0.2, -0.15) is 4.98 Å². The zero-order valence-corrected chi connectivity index (χ0v) is 16.6. The standard InChI is InChI=1S/C22H18FN5S/c1-12-24-9-10-28(12)22-26-20(25-11-13-5-7-14(23)8-6-13)18-17-15-3-2-4-16(15)19(17)29-21(18)27-22/h3,5-10,16H,2,4,11H2,1H3,(H,25,26,27). The maximum absolute atomic E-state index is 13.2. The molecule has 0 spiro atoms. The van der Waals surface area contributed by atoms with Crippen molar-refractivity contribution in [2.45, 2.75) is 32.2 Å². The van der Waals surface area contributed by atoms with Crippen LogP contribution in [-0.2, 0) is 6.54 Å². The smallest absolute Gasteiger partial charge is 0.238 e. The van der Waals surface area contributed by atoms with Crippen molar-refractivity contribution in [2.24, 2.45) is 0 Å². The molecule has 29 heavy (non-hydrogen) atoms. The van der Waals surface area contributed by atoms with Crippen LogP contribution in [0.15, 0.2) is 42.7 Å². The number of nitrogens with one attached hydrogen (secondary N) is 1. The Morgan fingerprint density at radius 2 is 2.10 bits per heavy atom. The fourth-order valence-corrected chi connectivity index (χ4v) is 5.67. The van der Waals surface area contributed by atoms with Crippen LogP contribution in [0, 0.1) is 12.7 Å². The molecule has 0 radical (unpaired) electrons. The second-order valence-electron chi connectivity index (χ2n) is 7.51. The number of halogens is 1. The van der Waals surface area contributed by atoms with E-state index in [0.29, 0.717) is 18.4 Å². The first kappa shape index (κ1) is 16.9. The largest absolute Gasteiger partial charge is 0.365 e. The van der Waals surface area contributed by atoms with Gasteiger partial charge in [0.25, 0.3) is 0 Å². The number of nitrogens with zero attached hydrogens (tertiary/aromatic N) is 4. The molecule has 3 aromatic heterocycles. The van der Waals surface area contributed by atoms with Crippen LogP contribution >= 0.6 is 11.3 Å². The van der Waals surface area contributed by atoms with E-state index in [0.717, 1.165) is 33.8 Å². The Morgan fingerprint density at radius 1 is 1.24 bits per heavy atom. The summed E-state index contributed by atoms with van der Waals surface area (Å²) in [7, 11) is 0. The Kier molecular flexibility index (Phi) is 3.61. The van der Waals surface area contributed by atoms with Crippen molar-refractivity contribution in [1.82, 2.24) is 19.5 Å². The summed E-state index contributed by atoms with van der Waals surface area (Å²) < 4.78 is 15.1. The average molecular weight is 403 g/mol. The second kappa shape index (κ2) is 6.22. The molecule has 4 aromatic rings. The Balaban J connectivity index is 1.48. The Morgan fingerprint density at radius 3 is 2.90 bits per heavy atom. The SMILES string of the molecule is Cc1nccn1-c1nc(NCc2ccc(F)cc2)c2c3c(sc2n1)C1CCC=C31. The van der Waals surface area contributed by atoms with Crippen molar-refractivity contribution in [3.63, 3.8) is 0 Å². The van der Waals surface area contributed by atoms with Crippen LogP contribution in [0.1, 0.15) is 40.6 Å². The minimum Gasteiger partial charge on any atom is -0.365 e. The van der Waals surface area contributed by atoms with Crippen molar-refractivity contribution in [2.75, 3.05) is 5.32 Å². The molecule has 2 aliphatic carbocycles. The fourth-order valence-electron chi connectivity index (χ4n) is 4.33. The van der Waals surface area contributed by atoms with Gasteiger partial charge < -0.3 is 5.32 Å². The lowest BCUT2D eigenvalue weighted by molar-refractivity contribution is 0.627. The lowest BCUT2D eigenvalue weighted by Gasteiger charge is -2.26. The predicted octanol–water partition coefficient (Wildman–Crippen LogP) is 5.21. The summed E-state index contributed by atoms with van der Waals surface area (Å²) in [5, 5.41) is 4.59. The van der Waals surface area contributed by atoms with E-state index >= 15 is 0 Å². The average Bonchev–Trinajstić information content (AvgIpc) is 3.40. The number of aromatic nitrogens is 4. The topological polar surface area (TPSA) is 55.6 Å². The molecule has 0 saturated carbocycles. The molecule has 1 atom stereocenters. The molecular formula is C22H18FN5S. The lowest BCUT2D eigenvalue weighted by Crippen LogP contribution is -2.11. The number of benzene rings is 1. The van der Waals surface area contributed by atoms with E-state index < -0.39 is 0 Å². The van der Waals surface area contributed by atoms with Crippen molar-refractivity contribution < 1.29 is 4.39 Å². The molecule has 1 aromatic carbocycles. The minimum absolute atomic E-state index is 0.227. The van der Waals surface area contributed by atoms with E-state index in [4.69, 9.17) is 9.97 Å². The van der Waals surface area contributed by atoms with E-state index in [1.54, 1.807) is 29.7 Å². The summed E-state index contributed by atoms with van der Waals surface area (Å²) in [6, 6.07) is 6.56. The molecular weight excluding hydrogens is 385 g/mol. The molecule has 6 rings (SSSR count). The maximum atomic E-state index is 13.2.